The molecule has 1 aromatic carbocycles. The normalized spacial score (nSPS) is 18.6. The molecule has 1 saturated heterocycles. The van der Waals surface area contributed by atoms with Crippen molar-refractivity contribution < 1.29 is 19.2 Å². The highest BCUT2D eigenvalue weighted by Gasteiger charge is 2.43. The maximum absolute atomic E-state index is 13.6. The number of carbonyl (C=O) groups excluding carboxylic acids is 2. The average Bonchev–Trinajstić information content (AvgIpc) is 3.57. The summed E-state index contributed by atoms with van der Waals surface area (Å²) in [4.78, 5) is 33.9. The van der Waals surface area contributed by atoms with Gasteiger partial charge in [0.15, 0.2) is 0 Å². The molecule has 3 atom stereocenters. The first kappa shape index (κ1) is 27.0. The molecule has 0 radical (unpaired) electrons. The van der Waals surface area contributed by atoms with E-state index in [1.165, 1.54) is 4.90 Å². The van der Waals surface area contributed by atoms with Gasteiger partial charge in [-0.1, -0.05) is 45.0 Å². The van der Waals surface area contributed by atoms with Gasteiger partial charge in [-0.3, -0.25) is 9.59 Å². The molecule has 198 valence electrons. The van der Waals surface area contributed by atoms with Gasteiger partial charge in [-0.05, 0) is 48.4 Å². The fourth-order valence-electron chi connectivity index (χ4n) is 5.06. The van der Waals surface area contributed by atoms with Crippen molar-refractivity contribution in [1.82, 2.24) is 20.4 Å². The first-order valence-electron chi connectivity index (χ1n) is 12.8. The molecule has 8 nitrogen and oxygen atoms in total. The predicted molar refractivity (Wildman–Crippen MR) is 143 cm³/mol. The second-order valence-electron chi connectivity index (χ2n) is 10.5. The Bertz CT molecular complexity index is 1260. The molecule has 0 aliphatic carbocycles. The first-order valence-corrected chi connectivity index (χ1v) is 13.7. The molecular formula is C28H36N4O4S. The van der Waals surface area contributed by atoms with Crippen molar-refractivity contribution in [1.29, 1.82) is 0 Å². The molecule has 0 spiro atoms. The van der Waals surface area contributed by atoms with Crippen LogP contribution in [0.4, 0.5) is 0 Å². The minimum Gasteiger partial charge on any atom is -0.391 e. The molecule has 1 aliphatic heterocycles. The lowest BCUT2D eigenvalue weighted by Gasteiger charge is -2.28. The van der Waals surface area contributed by atoms with E-state index >= 15 is 0 Å². The zero-order valence-electron chi connectivity index (χ0n) is 22.3. The Balaban J connectivity index is 1.51. The van der Waals surface area contributed by atoms with Crippen molar-refractivity contribution in [3.05, 3.63) is 58.1 Å². The van der Waals surface area contributed by atoms with Crippen LogP contribution in [0.25, 0.3) is 10.4 Å². The van der Waals surface area contributed by atoms with Crippen molar-refractivity contribution in [2.75, 3.05) is 6.54 Å². The van der Waals surface area contributed by atoms with Crippen LogP contribution in [0.1, 0.15) is 74.2 Å². The van der Waals surface area contributed by atoms with Crippen LogP contribution < -0.4 is 5.32 Å². The van der Waals surface area contributed by atoms with E-state index in [-0.39, 0.29) is 36.6 Å². The number of amides is 2. The molecule has 2 N–H and O–H groups in total. The molecule has 3 aromatic rings. The fraction of sp³-hybridized carbons (Fsp3) is 0.500. The molecule has 3 heterocycles. The number of hydrogen-bond acceptors (Lipinski definition) is 7. The second kappa shape index (κ2) is 11.1. The minimum absolute atomic E-state index is 0.0596. The first-order chi connectivity index (χ1) is 17.6. The van der Waals surface area contributed by atoms with E-state index in [9.17, 15) is 14.7 Å². The van der Waals surface area contributed by atoms with Gasteiger partial charge < -0.3 is 19.8 Å². The average molecular weight is 525 g/mol. The Morgan fingerprint density at radius 1 is 1.22 bits per heavy atom. The monoisotopic (exact) mass is 524 g/mol. The number of benzene rings is 1. The summed E-state index contributed by atoms with van der Waals surface area (Å²) in [7, 11) is 0. The highest BCUT2D eigenvalue weighted by atomic mass is 32.1. The number of aryl methyl sites for hydroxylation is 2. The van der Waals surface area contributed by atoms with Crippen LogP contribution in [0, 0.1) is 19.8 Å². The van der Waals surface area contributed by atoms with Crippen molar-refractivity contribution >= 4 is 23.2 Å². The number of likely N-dealkylation sites (tertiary alicyclic amines) is 1. The SMILES string of the molecule is Cc1cc([C@H](C(=O)N2C[C@H](O)C[C@H]2C(=O)NCc2ccc(-c3scnc3C)cc2C(C)C)C(C)C)on1. The van der Waals surface area contributed by atoms with E-state index in [0.717, 1.165) is 27.3 Å². The van der Waals surface area contributed by atoms with E-state index < -0.39 is 18.1 Å². The minimum atomic E-state index is -0.753. The third kappa shape index (κ3) is 5.78. The molecule has 37 heavy (non-hydrogen) atoms. The van der Waals surface area contributed by atoms with Gasteiger partial charge in [-0.2, -0.15) is 0 Å². The van der Waals surface area contributed by atoms with Gasteiger partial charge in [0.25, 0.3) is 0 Å². The highest BCUT2D eigenvalue weighted by Crippen LogP contribution is 2.33. The molecule has 2 aromatic heterocycles. The summed E-state index contributed by atoms with van der Waals surface area (Å²) in [6, 6.07) is 7.31. The maximum atomic E-state index is 13.6. The van der Waals surface area contributed by atoms with E-state index in [4.69, 9.17) is 4.52 Å². The van der Waals surface area contributed by atoms with Gasteiger partial charge in [0.05, 0.1) is 27.9 Å². The number of nitrogens with one attached hydrogen (secondary N) is 1. The highest BCUT2D eigenvalue weighted by molar-refractivity contribution is 7.13. The van der Waals surface area contributed by atoms with Crippen LogP contribution in [-0.2, 0) is 16.1 Å². The van der Waals surface area contributed by atoms with Crippen molar-refractivity contribution in [2.24, 2.45) is 5.92 Å². The molecular weight excluding hydrogens is 488 g/mol. The number of aliphatic hydroxyl groups excluding tert-OH is 1. The van der Waals surface area contributed by atoms with Gasteiger partial charge in [0.2, 0.25) is 11.8 Å². The molecule has 4 rings (SSSR count). The Morgan fingerprint density at radius 3 is 2.57 bits per heavy atom. The standard InChI is InChI=1S/C28H36N4O4S/c1-15(2)22-10-19(26-18(6)30-14-37-26)7-8-20(22)12-29-27(34)23-11-21(33)13-32(23)28(35)25(16(3)4)24-9-17(5)31-36-24/h7-10,14-16,21,23,25,33H,11-13H2,1-6H3,(H,29,34)/t21-,23+,25-/m1/s1. The summed E-state index contributed by atoms with van der Waals surface area (Å²) < 4.78 is 5.41. The second-order valence-corrected chi connectivity index (χ2v) is 11.4. The summed E-state index contributed by atoms with van der Waals surface area (Å²) in [5.74, 6) is -0.375. The molecule has 1 aliphatic rings. The fourth-order valence-corrected chi connectivity index (χ4v) is 5.87. The lowest BCUT2D eigenvalue weighted by molar-refractivity contribution is -0.141. The Labute approximate surface area is 222 Å². The molecule has 0 saturated carbocycles. The Morgan fingerprint density at radius 2 is 1.97 bits per heavy atom. The summed E-state index contributed by atoms with van der Waals surface area (Å²) in [5, 5.41) is 17.4. The molecule has 0 unspecified atom stereocenters. The number of rotatable bonds is 8. The number of carbonyl (C=O) groups is 2. The third-order valence-electron chi connectivity index (χ3n) is 6.98. The molecule has 0 bridgehead atoms. The van der Waals surface area contributed by atoms with Crippen molar-refractivity contribution in [2.45, 2.75) is 78.5 Å². The quantitative estimate of drug-likeness (QED) is 0.447. The van der Waals surface area contributed by atoms with E-state index in [2.05, 4.69) is 47.5 Å². The lowest BCUT2D eigenvalue weighted by Crippen LogP contribution is -2.48. The Hall–Kier alpha value is -3.04. The van der Waals surface area contributed by atoms with Crippen molar-refractivity contribution in [3.8, 4) is 10.4 Å². The number of β-amino-alcohol motifs (C(OH)–C–C–N with tert-alkyl or cyclic N) is 1. The third-order valence-corrected chi connectivity index (χ3v) is 7.96. The molecule has 2 amide bonds. The summed E-state index contributed by atoms with van der Waals surface area (Å²) >= 11 is 1.62. The summed E-state index contributed by atoms with van der Waals surface area (Å²) in [6.07, 6.45) is -0.546. The maximum Gasteiger partial charge on any atom is 0.243 e. The molecule has 1 fully saturated rings. The predicted octanol–water partition coefficient (Wildman–Crippen LogP) is 4.56. The number of aromatic nitrogens is 2. The summed E-state index contributed by atoms with van der Waals surface area (Å²) in [5.41, 5.74) is 6.86. The number of aliphatic hydroxyl groups is 1. The zero-order chi connectivity index (χ0) is 26.9. The van der Waals surface area contributed by atoms with Gasteiger partial charge in [-0.25, -0.2) is 4.98 Å². The smallest absolute Gasteiger partial charge is 0.243 e. The number of hydrogen-bond donors (Lipinski definition) is 2. The van der Waals surface area contributed by atoms with Gasteiger partial charge in [-0.15, -0.1) is 11.3 Å². The van der Waals surface area contributed by atoms with E-state index in [1.54, 1.807) is 24.3 Å². The van der Waals surface area contributed by atoms with Gasteiger partial charge >= 0.3 is 0 Å². The van der Waals surface area contributed by atoms with Crippen LogP contribution in [0.5, 0.6) is 0 Å². The number of nitrogens with zero attached hydrogens (tertiary/aromatic N) is 3. The Kier molecular flexibility index (Phi) is 8.14. The van der Waals surface area contributed by atoms with Crippen LogP contribution in [0.15, 0.2) is 34.3 Å². The van der Waals surface area contributed by atoms with Crippen LogP contribution in [-0.4, -0.2) is 50.7 Å². The largest absolute Gasteiger partial charge is 0.391 e. The van der Waals surface area contributed by atoms with Crippen LogP contribution in [0.2, 0.25) is 0 Å². The topological polar surface area (TPSA) is 109 Å². The van der Waals surface area contributed by atoms with E-state index in [1.807, 2.05) is 26.3 Å². The zero-order valence-corrected chi connectivity index (χ0v) is 23.1. The van der Waals surface area contributed by atoms with Gasteiger partial charge in [0, 0.05) is 25.6 Å². The van der Waals surface area contributed by atoms with E-state index in [0.29, 0.717) is 18.0 Å². The van der Waals surface area contributed by atoms with Gasteiger partial charge in [0.1, 0.15) is 17.7 Å². The molecule has 9 heteroatoms. The van der Waals surface area contributed by atoms with Crippen LogP contribution in [0.3, 0.4) is 0 Å². The lowest BCUT2D eigenvalue weighted by atomic mass is 9.91. The van der Waals surface area contributed by atoms with Crippen molar-refractivity contribution in [3.63, 3.8) is 0 Å². The summed E-state index contributed by atoms with van der Waals surface area (Å²) in [6.45, 7) is 12.4. The number of thiazole rings is 1. The van der Waals surface area contributed by atoms with Crippen LogP contribution >= 0.6 is 11.3 Å².